The summed E-state index contributed by atoms with van der Waals surface area (Å²) in [6.07, 6.45) is 9.68. The minimum Gasteiger partial charge on any atom is -0.289 e. The van der Waals surface area contributed by atoms with Gasteiger partial charge in [0.1, 0.15) is 7.05 Å². The Kier molecular flexibility index (Phi) is 3.30. The summed E-state index contributed by atoms with van der Waals surface area (Å²) in [6.45, 7) is 0. The molecule has 23 heavy (non-hydrogen) atoms. The van der Waals surface area contributed by atoms with Crippen molar-refractivity contribution in [1.82, 2.24) is 0 Å². The maximum atomic E-state index is 12.6. The summed E-state index contributed by atoms with van der Waals surface area (Å²) in [5, 5.41) is 2.38. The molecule has 0 radical (unpaired) electrons. The van der Waals surface area contributed by atoms with E-state index in [2.05, 4.69) is 24.3 Å². The lowest BCUT2D eigenvalue weighted by atomic mass is 9.97. The fourth-order valence-electron chi connectivity index (χ4n) is 3.35. The lowest BCUT2D eigenvalue weighted by molar-refractivity contribution is -0.671. The van der Waals surface area contributed by atoms with E-state index in [0.717, 1.165) is 29.4 Å². The molecule has 1 heterocycles. The minimum absolute atomic E-state index is 0.0637. The van der Waals surface area contributed by atoms with Crippen LogP contribution < -0.4 is 4.57 Å². The SMILES string of the molecule is C[n+]1ccc(/C=C/C(=O)c2ccc3c4c(cccc24)CC3)cc1. The second-order valence-corrected chi connectivity index (χ2v) is 6.11. The van der Waals surface area contributed by atoms with E-state index in [4.69, 9.17) is 0 Å². The second kappa shape index (κ2) is 5.47. The van der Waals surface area contributed by atoms with Gasteiger partial charge in [-0.3, -0.25) is 4.79 Å². The number of hydrogen-bond acceptors (Lipinski definition) is 1. The van der Waals surface area contributed by atoms with Crippen LogP contribution in [-0.2, 0) is 19.9 Å². The molecule has 0 fully saturated rings. The summed E-state index contributed by atoms with van der Waals surface area (Å²) in [5.74, 6) is 0.0637. The van der Waals surface area contributed by atoms with Gasteiger partial charge in [-0.25, -0.2) is 4.57 Å². The Morgan fingerprint density at radius 2 is 1.74 bits per heavy atom. The third kappa shape index (κ3) is 2.46. The molecule has 3 aromatic rings. The first kappa shape index (κ1) is 13.9. The number of allylic oxidation sites excluding steroid dienone is 1. The van der Waals surface area contributed by atoms with Crippen molar-refractivity contribution >= 4 is 22.6 Å². The van der Waals surface area contributed by atoms with E-state index in [1.165, 1.54) is 16.5 Å². The van der Waals surface area contributed by atoms with Crippen molar-refractivity contribution in [2.75, 3.05) is 0 Å². The highest BCUT2D eigenvalue weighted by Crippen LogP contribution is 2.33. The Labute approximate surface area is 135 Å². The second-order valence-electron chi connectivity index (χ2n) is 6.11. The summed E-state index contributed by atoms with van der Waals surface area (Å²) in [4.78, 5) is 12.6. The number of aromatic nitrogens is 1. The van der Waals surface area contributed by atoms with Crippen LogP contribution in [0.1, 0.15) is 27.0 Å². The van der Waals surface area contributed by atoms with Gasteiger partial charge in [0.05, 0.1) is 0 Å². The van der Waals surface area contributed by atoms with Crippen molar-refractivity contribution in [1.29, 1.82) is 0 Å². The van der Waals surface area contributed by atoms with Gasteiger partial charge in [0.15, 0.2) is 18.2 Å². The van der Waals surface area contributed by atoms with Crippen LogP contribution in [0.2, 0.25) is 0 Å². The molecule has 0 saturated carbocycles. The van der Waals surface area contributed by atoms with Crippen LogP contribution in [0.15, 0.2) is 60.9 Å². The van der Waals surface area contributed by atoms with E-state index in [-0.39, 0.29) is 5.78 Å². The molecule has 1 aliphatic carbocycles. The number of ketones is 1. The van der Waals surface area contributed by atoms with Crippen molar-refractivity contribution in [3.8, 4) is 0 Å². The number of benzene rings is 2. The Balaban J connectivity index is 1.72. The topological polar surface area (TPSA) is 20.9 Å². The van der Waals surface area contributed by atoms with E-state index in [1.54, 1.807) is 6.08 Å². The van der Waals surface area contributed by atoms with E-state index >= 15 is 0 Å². The summed E-state index contributed by atoms with van der Waals surface area (Å²) in [5.41, 5.74) is 4.56. The average molecular weight is 300 g/mol. The summed E-state index contributed by atoms with van der Waals surface area (Å²) in [6, 6.07) is 14.4. The van der Waals surface area contributed by atoms with Crippen LogP contribution in [0.4, 0.5) is 0 Å². The van der Waals surface area contributed by atoms with Crippen LogP contribution in [-0.4, -0.2) is 5.78 Å². The van der Waals surface area contributed by atoms with Crippen molar-refractivity contribution in [2.45, 2.75) is 12.8 Å². The molecule has 0 amide bonds. The highest BCUT2D eigenvalue weighted by Gasteiger charge is 2.17. The minimum atomic E-state index is 0.0637. The normalized spacial score (nSPS) is 13.1. The Morgan fingerprint density at radius 1 is 1.00 bits per heavy atom. The smallest absolute Gasteiger partial charge is 0.186 e. The highest BCUT2D eigenvalue weighted by molar-refractivity contribution is 6.15. The number of hydrogen-bond donors (Lipinski definition) is 0. The van der Waals surface area contributed by atoms with Gasteiger partial charge in [-0.1, -0.05) is 36.4 Å². The molecule has 1 aliphatic rings. The third-order valence-corrected chi connectivity index (χ3v) is 4.57. The molecule has 2 aromatic carbocycles. The largest absolute Gasteiger partial charge is 0.289 e. The van der Waals surface area contributed by atoms with Crippen LogP contribution in [0, 0.1) is 0 Å². The van der Waals surface area contributed by atoms with Crippen LogP contribution in [0.5, 0.6) is 0 Å². The molecule has 4 rings (SSSR count). The molecule has 2 heteroatoms. The number of carbonyl (C=O) groups is 1. The van der Waals surface area contributed by atoms with E-state index in [0.29, 0.717) is 0 Å². The fraction of sp³-hybridized carbons (Fsp3) is 0.143. The Hall–Kier alpha value is -2.74. The van der Waals surface area contributed by atoms with Gasteiger partial charge >= 0.3 is 0 Å². The molecule has 0 spiro atoms. The molecule has 0 unspecified atom stereocenters. The third-order valence-electron chi connectivity index (χ3n) is 4.57. The highest BCUT2D eigenvalue weighted by atomic mass is 16.1. The number of nitrogens with zero attached hydrogens (tertiary/aromatic N) is 1. The maximum Gasteiger partial charge on any atom is 0.186 e. The molecule has 1 aromatic heterocycles. The van der Waals surface area contributed by atoms with Crippen LogP contribution in [0.3, 0.4) is 0 Å². The van der Waals surface area contributed by atoms with Crippen LogP contribution >= 0.6 is 0 Å². The van der Waals surface area contributed by atoms with Crippen molar-refractivity contribution in [2.24, 2.45) is 7.05 Å². The number of pyridine rings is 1. The van der Waals surface area contributed by atoms with Gasteiger partial charge in [0, 0.05) is 17.7 Å². The van der Waals surface area contributed by atoms with Crippen molar-refractivity contribution < 1.29 is 9.36 Å². The number of rotatable bonds is 3. The zero-order valence-corrected chi connectivity index (χ0v) is 13.1. The van der Waals surface area contributed by atoms with Crippen molar-refractivity contribution in [3.05, 3.63) is 83.2 Å². The molecule has 0 atom stereocenters. The quantitative estimate of drug-likeness (QED) is 0.411. The first-order chi connectivity index (χ1) is 11.2. The number of aryl methyl sites for hydroxylation is 3. The fourth-order valence-corrected chi connectivity index (χ4v) is 3.35. The van der Waals surface area contributed by atoms with Gasteiger partial charge < -0.3 is 0 Å². The predicted octanol–water partition coefficient (Wildman–Crippen LogP) is 3.66. The van der Waals surface area contributed by atoms with E-state index in [1.807, 2.05) is 48.3 Å². The van der Waals surface area contributed by atoms with Crippen molar-refractivity contribution in [3.63, 3.8) is 0 Å². The molecule has 2 nitrogen and oxygen atoms in total. The maximum absolute atomic E-state index is 12.6. The van der Waals surface area contributed by atoms with Gasteiger partial charge in [0.25, 0.3) is 0 Å². The van der Waals surface area contributed by atoms with Gasteiger partial charge in [-0.2, -0.15) is 0 Å². The molecule has 0 aliphatic heterocycles. The molecule has 0 N–H and O–H groups in total. The predicted molar refractivity (Wildman–Crippen MR) is 92.3 cm³/mol. The number of carbonyl (C=O) groups excluding carboxylic acids is 1. The lowest BCUT2D eigenvalue weighted by Gasteiger charge is -2.06. The van der Waals surface area contributed by atoms with Gasteiger partial charge in [-0.05, 0) is 46.4 Å². The zero-order valence-electron chi connectivity index (χ0n) is 13.1. The van der Waals surface area contributed by atoms with Gasteiger partial charge in [0.2, 0.25) is 0 Å². The summed E-state index contributed by atoms with van der Waals surface area (Å²) < 4.78 is 1.97. The standard InChI is InChI=1S/C21H18NO/c1-22-13-11-15(12-14-22)5-10-20(23)18-9-8-17-7-6-16-3-2-4-19(18)21(16)17/h2-5,8-14H,6-7H2,1H3/q+1/b10-5+. The average Bonchev–Trinajstić information content (AvgIpc) is 3.00. The Morgan fingerprint density at radius 3 is 2.52 bits per heavy atom. The monoisotopic (exact) mass is 300 g/mol. The molecule has 112 valence electrons. The van der Waals surface area contributed by atoms with Gasteiger partial charge in [-0.15, -0.1) is 0 Å². The van der Waals surface area contributed by atoms with E-state index < -0.39 is 0 Å². The van der Waals surface area contributed by atoms with Crippen LogP contribution in [0.25, 0.3) is 16.8 Å². The lowest BCUT2D eigenvalue weighted by Crippen LogP contribution is -2.25. The molecule has 0 saturated heterocycles. The van der Waals surface area contributed by atoms with E-state index in [9.17, 15) is 4.79 Å². The first-order valence-electron chi connectivity index (χ1n) is 7.93. The summed E-state index contributed by atoms with van der Waals surface area (Å²) >= 11 is 0. The molecular formula is C21H18NO+. The molecular weight excluding hydrogens is 282 g/mol. The molecule has 0 bridgehead atoms. The first-order valence-corrected chi connectivity index (χ1v) is 7.93. The Bertz CT molecular complexity index is 926. The zero-order chi connectivity index (χ0) is 15.8. The summed E-state index contributed by atoms with van der Waals surface area (Å²) in [7, 11) is 1.98.